The lowest BCUT2D eigenvalue weighted by molar-refractivity contribution is 1.02. The molecule has 0 saturated heterocycles. The van der Waals surface area contributed by atoms with Crippen LogP contribution >= 0.6 is 0 Å². The summed E-state index contributed by atoms with van der Waals surface area (Å²) in [4.78, 5) is 0. The van der Waals surface area contributed by atoms with Gasteiger partial charge in [-0.25, -0.2) is 0 Å². The van der Waals surface area contributed by atoms with Crippen LogP contribution in [0, 0.1) is 5.92 Å². The number of hydrogen-bond donors (Lipinski definition) is 0. The van der Waals surface area contributed by atoms with Gasteiger partial charge in [-0.3, -0.25) is 0 Å². The Balaban J connectivity index is 0.000000120. The Bertz CT molecular complexity index is 214. The quantitative estimate of drug-likeness (QED) is 0.513. The highest BCUT2D eigenvalue weighted by Gasteiger charge is 2.20. The highest BCUT2D eigenvalue weighted by Crippen LogP contribution is 2.34. The van der Waals surface area contributed by atoms with Gasteiger partial charge in [-0.05, 0) is 39.0 Å². The summed E-state index contributed by atoms with van der Waals surface area (Å²) in [5.41, 5.74) is 2.84. The topological polar surface area (TPSA) is 0 Å². The van der Waals surface area contributed by atoms with Crippen molar-refractivity contribution in [2.75, 3.05) is 0 Å². The Hall–Kier alpha value is -0.780. The zero-order chi connectivity index (χ0) is 8.97. The van der Waals surface area contributed by atoms with Crippen molar-refractivity contribution in [2.24, 2.45) is 5.92 Å². The van der Waals surface area contributed by atoms with Crippen molar-refractivity contribution in [3.05, 3.63) is 36.0 Å². The van der Waals surface area contributed by atoms with E-state index in [1.807, 2.05) is 0 Å². The molecule has 0 nitrogen and oxygen atoms in total. The van der Waals surface area contributed by atoms with Crippen LogP contribution in [0.4, 0.5) is 0 Å². The minimum atomic E-state index is 0.907. The van der Waals surface area contributed by atoms with Crippen molar-refractivity contribution in [2.45, 2.75) is 33.1 Å². The Kier molecular flexibility index (Phi) is 3.33. The Morgan fingerprint density at radius 3 is 2.25 bits per heavy atom. The van der Waals surface area contributed by atoms with Crippen LogP contribution in [0.2, 0.25) is 0 Å². The summed E-state index contributed by atoms with van der Waals surface area (Å²) in [7, 11) is 0. The predicted octanol–water partition coefficient (Wildman–Crippen LogP) is 3.87. The van der Waals surface area contributed by atoms with Crippen LogP contribution in [-0.4, -0.2) is 0 Å². The van der Waals surface area contributed by atoms with Crippen LogP contribution < -0.4 is 0 Å². The van der Waals surface area contributed by atoms with Gasteiger partial charge < -0.3 is 0 Å². The predicted molar refractivity (Wildman–Crippen MR) is 55.1 cm³/mol. The molecule has 0 bridgehead atoms. The first-order valence-corrected chi connectivity index (χ1v) is 4.68. The van der Waals surface area contributed by atoms with Crippen molar-refractivity contribution in [3.63, 3.8) is 0 Å². The lowest BCUT2D eigenvalue weighted by Gasteiger charge is -1.83. The van der Waals surface area contributed by atoms with E-state index in [-0.39, 0.29) is 0 Å². The van der Waals surface area contributed by atoms with E-state index in [1.54, 1.807) is 0 Å². The van der Waals surface area contributed by atoms with Gasteiger partial charge in [0.1, 0.15) is 0 Å². The van der Waals surface area contributed by atoms with Crippen molar-refractivity contribution in [1.82, 2.24) is 0 Å². The fourth-order valence-electron chi connectivity index (χ4n) is 1.13. The van der Waals surface area contributed by atoms with Crippen LogP contribution in [0.15, 0.2) is 36.0 Å². The third kappa shape index (κ3) is 3.56. The van der Waals surface area contributed by atoms with E-state index >= 15 is 0 Å². The molecule has 12 heavy (non-hydrogen) atoms. The molecule has 0 heterocycles. The fraction of sp³-hybridized carbons (Fsp3) is 0.500. The molecule has 0 aromatic heterocycles. The SMILES string of the molecule is C=C(C)C1CC1.CC1=CC=CC1. The average Bonchev–Trinajstić information content (AvgIpc) is 2.77. The molecule has 0 aliphatic heterocycles. The van der Waals surface area contributed by atoms with Crippen molar-refractivity contribution in [1.29, 1.82) is 0 Å². The molecule has 0 atom stereocenters. The van der Waals surface area contributed by atoms with Gasteiger partial charge in [0.15, 0.2) is 0 Å². The first kappa shape index (κ1) is 9.31. The van der Waals surface area contributed by atoms with E-state index in [2.05, 4.69) is 38.7 Å². The first-order valence-electron chi connectivity index (χ1n) is 4.68. The zero-order valence-corrected chi connectivity index (χ0v) is 8.14. The highest BCUT2D eigenvalue weighted by molar-refractivity contribution is 5.20. The fourth-order valence-corrected chi connectivity index (χ4v) is 1.13. The monoisotopic (exact) mass is 162 g/mol. The molecule has 0 amide bonds. The number of hydrogen-bond acceptors (Lipinski definition) is 0. The molecule has 66 valence electrons. The van der Waals surface area contributed by atoms with Gasteiger partial charge in [-0.2, -0.15) is 0 Å². The van der Waals surface area contributed by atoms with Gasteiger partial charge in [-0.1, -0.05) is 36.0 Å². The van der Waals surface area contributed by atoms with Crippen LogP contribution in [0.5, 0.6) is 0 Å². The molecule has 1 fully saturated rings. The first-order chi connectivity index (χ1) is 5.70. The minimum absolute atomic E-state index is 0.907. The Morgan fingerprint density at radius 2 is 2.17 bits per heavy atom. The molecule has 0 N–H and O–H groups in total. The normalized spacial score (nSPS) is 19.7. The molecule has 0 unspecified atom stereocenters. The standard InChI is InChI=1S/C6H10.C6H8/c1-5(2)6-3-4-6;1-6-4-2-3-5-6/h6H,1,3-4H2,2H3;2-4H,5H2,1H3. The second-order valence-electron chi connectivity index (χ2n) is 3.77. The summed E-state index contributed by atoms with van der Waals surface area (Å²) in [5.74, 6) is 0.907. The molecule has 1 saturated carbocycles. The number of rotatable bonds is 1. The molecule has 2 aliphatic carbocycles. The summed E-state index contributed by atoms with van der Waals surface area (Å²) >= 11 is 0. The number of allylic oxidation sites excluding steroid dienone is 5. The van der Waals surface area contributed by atoms with E-state index in [1.165, 1.54) is 30.4 Å². The van der Waals surface area contributed by atoms with E-state index < -0.39 is 0 Å². The lowest BCUT2D eigenvalue weighted by atomic mass is 10.2. The molecule has 0 heteroatoms. The molecular weight excluding hydrogens is 144 g/mol. The van der Waals surface area contributed by atoms with Gasteiger partial charge in [0.2, 0.25) is 0 Å². The van der Waals surface area contributed by atoms with Gasteiger partial charge in [0, 0.05) is 0 Å². The van der Waals surface area contributed by atoms with Gasteiger partial charge >= 0.3 is 0 Å². The van der Waals surface area contributed by atoms with Gasteiger partial charge in [0.25, 0.3) is 0 Å². The highest BCUT2D eigenvalue weighted by atomic mass is 14.3. The molecule has 0 radical (unpaired) electrons. The van der Waals surface area contributed by atoms with Crippen LogP contribution in [0.1, 0.15) is 33.1 Å². The summed E-state index contributed by atoms with van der Waals surface area (Å²) in [6.07, 6.45) is 10.4. The van der Waals surface area contributed by atoms with E-state index in [9.17, 15) is 0 Å². The smallest absolute Gasteiger partial charge is 0.0135 e. The van der Waals surface area contributed by atoms with Crippen molar-refractivity contribution >= 4 is 0 Å². The molecule has 0 aromatic rings. The maximum absolute atomic E-state index is 3.82. The van der Waals surface area contributed by atoms with Gasteiger partial charge in [0.05, 0.1) is 0 Å². The third-order valence-corrected chi connectivity index (χ3v) is 2.23. The lowest BCUT2D eigenvalue weighted by Crippen LogP contribution is -1.68. The van der Waals surface area contributed by atoms with E-state index in [0.717, 1.165) is 5.92 Å². The maximum atomic E-state index is 3.82. The molecule has 0 spiro atoms. The molecule has 0 aromatic carbocycles. The molecule has 2 rings (SSSR count). The Labute approximate surface area is 75.7 Å². The largest absolute Gasteiger partial charge is 0.0999 e. The maximum Gasteiger partial charge on any atom is -0.0135 e. The average molecular weight is 162 g/mol. The summed E-state index contributed by atoms with van der Waals surface area (Å²) in [6.45, 7) is 8.06. The van der Waals surface area contributed by atoms with E-state index in [4.69, 9.17) is 0 Å². The zero-order valence-electron chi connectivity index (χ0n) is 8.14. The molecular formula is C12H18. The van der Waals surface area contributed by atoms with Crippen LogP contribution in [0.3, 0.4) is 0 Å². The second kappa shape index (κ2) is 4.30. The summed E-state index contributed by atoms with van der Waals surface area (Å²) in [6, 6.07) is 0. The van der Waals surface area contributed by atoms with Crippen LogP contribution in [0.25, 0.3) is 0 Å². The summed E-state index contributed by atoms with van der Waals surface area (Å²) in [5, 5.41) is 0. The third-order valence-electron chi connectivity index (χ3n) is 2.23. The Morgan fingerprint density at radius 1 is 1.50 bits per heavy atom. The van der Waals surface area contributed by atoms with E-state index in [0.29, 0.717) is 0 Å². The minimum Gasteiger partial charge on any atom is -0.0999 e. The van der Waals surface area contributed by atoms with Crippen LogP contribution in [-0.2, 0) is 0 Å². The second-order valence-corrected chi connectivity index (χ2v) is 3.77. The van der Waals surface area contributed by atoms with Gasteiger partial charge in [-0.15, -0.1) is 0 Å². The summed E-state index contributed by atoms with van der Waals surface area (Å²) < 4.78 is 0. The molecule has 2 aliphatic rings. The van der Waals surface area contributed by atoms with Crippen molar-refractivity contribution in [3.8, 4) is 0 Å². The van der Waals surface area contributed by atoms with Crippen molar-refractivity contribution < 1.29 is 0 Å².